The molecule has 3 atom stereocenters. The first kappa shape index (κ1) is 14.9. The van der Waals surface area contributed by atoms with Gasteiger partial charge in [0.25, 0.3) is 0 Å². The lowest BCUT2D eigenvalue weighted by Gasteiger charge is -2.12. The molecule has 4 heteroatoms. The summed E-state index contributed by atoms with van der Waals surface area (Å²) in [5.74, 6) is 1.25. The number of aromatic nitrogens is 2. The zero-order chi connectivity index (χ0) is 13.7. The lowest BCUT2D eigenvalue weighted by Crippen LogP contribution is -2.26. The Labute approximate surface area is 121 Å². The number of hydrogen-bond donors (Lipinski definition) is 1. The van der Waals surface area contributed by atoms with Crippen molar-refractivity contribution in [3.8, 4) is 0 Å². The molecule has 0 bridgehead atoms. The molecule has 1 aromatic rings. The van der Waals surface area contributed by atoms with E-state index in [0.717, 1.165) is 18.2 Å². The van der Waals surface area contributed by atoms with Gasteiger partial charge in [-0.05, 0) is 44.4 Å². The van der Waals surface area contributed by atoms with Gasteiger partial charge >= 0.3 is 0 Å². The van der Waals surface area contributed by atoms with E-state index in [0.29, 0.717) is 12.1 Å². The topological polar surface area (TPSA) is 29.9 Å². The maximum absolute atomic E-state index is 4.65. The van der Waals surface area contributed by atoms with Crippen LogP contribution in [0.25, 0.3) is 0 Å². The highest BCUT2D eigenvalue weighted by Crippen LogP contribution is 2.29. The molecule has 1 aliphatic rings. The summed E-state index contributed by atoms with van der Waals surface area (Å²) in [6.07, 6.45) is 7.26. The monoisotopic (exact) mass is 281 g/mol. The molecule has 19 heavy (non-hydrogen) atoms. The van der Waals surface area contributed by atoms with Crippen molar-refractivity contribution < 1.29 is 0 Å². The molecule has 1 aromatic heterocycles. The summed E-state index contributed by atoms with van der Waals surface area (Å²) in [5.41, 5.74) is 1.17. The minimum absolute atomic E-state index is 0.505. The summed E-state index contributed by atoms with van der Waals surface area (Å²) < 4.78 is 2.08. The van der Waals surface area contributed by atoms with Gasteiger partial charge in [-0.25, -0.2) is 0 Å². The van der Waals surface area contributed by atoms with E-state index in [4.69, 9.17) is 0 Å². The average molecular weight is 281 g/mol. The molecule has 0 aromatic carbocycles. The van der Waals surface area contributed by atoms with Crippen molar-refractivity contribution in [1.29, 1.82) is 0 Å². The molecule has 0 spiro atoms. The van der Waals surface area contributed by atoms with Crippen LogP contribution >= 0.6 is 11.8 Å². The summed E-state index contributed by atoms with van der Waals surface area (Å²) in [7, 11) is 0. The van der Waals surface area contributed by atoms with Crippen LogP contribution < -0.4 is 5.32 Å². The van der Waals surface area contributed by atoms with E-state index < -0.39 is 0 Å². The van der Waals surface area contributed by atoms with Crippen molar-refractivity contribution in [2.45, 2.75) is 70.3 Å². The highest BCUT2D eigenvalue weighted by Gasteiger charge is 2.24. The van der Waals surface area contributed by atoms with Crippen LogP contribution in [-0.4, -0.2) is 26.8 Å². The van der Waals surface area contributed by atoms with Gasteiger partial charge in [-0.2, -0.15) is 16.9 Å². The Morgan fingerprint density at radius 2 is 2.32 bits per heavy atom. The number of nitrogens with one attached hydrogen (secondary N) is 1. The van der Waals surface area contributed by atoms with Crippen LogP contribution in [0.5, 0.6) is 0 Å². The fourth-order valence-corrected chi connectivity index (χ4v) is 3.81. The zero-order valence-electron chi connectivity index (χ0n) is 12.4. The third kappa shape index (κ3) is 4.25. The molecular weight excluding hydrogens is 254 g/mol. The van der Waals surface area contributed by atoms with E-state index in [-0.39, 0.29) is 0 Å². The van der Waals surface area contributed by atoms with Crippen LogP contribution in [0.2, 0.25) is 0 Å². The quantitative estimate of drug-likeness (QED) is 0.828. The molecule has 0 radical (unpaired) electrons. The van der Waals surface area contributed by atoms with Gasteiger partial charge in [-0.1, -0.05) is 13.8 Å². The maximum Gasteiger partial charge on any atom is 0.0762 e. The van der Waals surface area contributed by atoms with Crippen LogP contribution in [-0.2, 0) is 6.54 Å². The van der Waals surface area contributed by atoms with Crippen LogP contribution in [0.15, 0.2) is 12.3 Å². The van der Waals surface area contributed by atoms with Crippen molar-refractivity contribution >= 4 is 11.8 Å². The van der Waals surface area contributed by atoms with Gasteiger partial charge < -0.3 is 5.32 Å². The first-order valence-electron chi connectivity index (χ1n) is 7.61. The van der Waals surface area contributed by atoms with Crippen LogP contribution in [0.1, 0.15) is 58.2 Å². The standard InChI is InChI=1S/C15H27N3S/c1-4-12(3)18-9-8-14(17-18)11-16-13-6-7-15(10-13)19-5-2/h8-9,12-13,15-16H,4-7,10-11H2,1-3H3. The van der Waals surface area contributed by atoms with Crippen molar-refractivity contribution in [2.24, 2.45) is 0 Å². The highest BCUT2D eigenvalue weighted by molar-refractivity contribution is 7.99. The van der Waals surface area contributed by atoms with Crippen molar-refractivity contribution in [1.82, 2.24) is 15.1 Å². The Kier molecular flexibility index (Phi) is 5.76. The summed E-state index contributed by atoms with van der Waals surface area (Å²) in [6.45, 7) is 7.59. The molecular formula is C15H27N3S. The maximum atomic E-state index is 4.65. The molecule has 1 fully saturated rings. The summed E-state index contributed by atoms with van der Waals surface area (Å²) in [4.78, 5) is 0. The number of rotatable bonds is 7. The largest absolute Gasteiger partial charge is 0.308 e. The Morgan fingerprint density at radius 1 is 1.47 bits per heavy atom. The number of hydrogen-bond acceptors (Lipinski definition) is 3. The summed E-state index contributed by atoms with van der Waals surface area (Å²) in [6, 6.07) is 3.34. The average Bonchev–Trinajstić information content (AvgIpc) is 3.05. The lowest BCUT2D eigenvalue weighted by molar-refractivity contribution is 0.464. The number of thioether (sulfide) groups is 1. The van der Waals surface area contributed by atoms with E-state index in [1.54, 1.807) is 0 Å². The van der Waals surface area contributed by atoms with Gasteiger partial charge in [0.2, 0.25) is 0 Å². The molecule has 0 saturated heterocycles. The smallest absolute Gasteiger partial charge is 0.0762 e. The third-order valence-corrected chi connectivity index (χ3v) is 5.30. The second-order valence-electron chi connectivity index (χ2n) is 5.51. The molecule has 0 aliphatic heterocycles. The van der Waals surface area contributed by atoms with Gasteiger partial charge in [-0.3, -0.25) is 4.68 Å². The predicted octanol–water partition coefficient (Wildman–Crippen LogP) is 3.62. The van der Waals surface area contributed by atoms with Gasteiger partial charge in [0.05, 0.1) is 5.69 Å². The molecule has 1 N–H and O–H groups in total. The lowest BCUT2D eigenvalue weighted by atomic mass is 10.2. The molecule has 2 rings (SSSR count). The first-order chi connectivity index (χ1) is 9.22. The molecule has 1 aliphatic carbocycles. The van der Waals surface area contributed by atoms with Crippen molar-refractivity contribution in [3.05, 3.63) is 18.0 Å². The van der Waals surface area contributed by atoms with Gasteiger partial charge in [0, 0.05) is 30.1 Å². The van der Waals surface area contributed by atoms with E-state index >= 15 is 0 Å². The molecule has 108 valence electrons. The van der Waals surface area contributed by atoms with E-state index in [1.165, 1.54) is 30.7 Å². The molecule has 1 heterocycles. The predicted molar refractivity (Wildman–Crippen MR) is 83.6 cm³/mol. The van der Waals surface area contributed by atoms with Gasteiger partial charge in [0.1, 0.15) is 0 Å². The Morgan fingerprint density at radius 3 is 3.05 bits per heavy atom. The fourth-order valence-electron chi connectivity index (χ4n) is 2.67. The normalized spacial score (nSPS) is 24.8. The zero-order valence-corrected chi connectivity index (χ0v) is 13.2. The Hall–Kier alpha value is -0.480. The Balaban J connectivity index is 1.75. The second-order valence-corrected chi connectivity index (χ2v) is 7.09. The SMILES string of the molecule is CCSC1CCC(NCc2ccn(C(C)CC)n2)C1. The second kappa shape index (κ2) is 7.34. The highest BCUT2D eigenvalue weighted by atomic mass is 32.2. The third-order valence-electron chi connectivity index (χ3n) is 4.06. The van der Waals surface area contributed by atoms with Crippen LogP contribution in [0, 0.1) is 0 Å². The number of nitrogens with zero attached hydrogens (tertiary/aromatic N) is 2. The minimum atomic E-state index is 0.505. The van der Waals surface area contributed by atoms with Crippen LogP contribution in [0.3, 0.4) is 0 Å². The molecule has 0 amide bonds. The molecule has 3 unspecified atom stereocenters. The minimum Gasteiger partial charge on any atom is -0.308 e. The fraction of sp³-hybridized carbons (Fsp3) is 0.800. The summed E-state index contributed by atoms with van der Waals surface area (Å²) >= 11 is 2.12. The van der Waals surface area contributed by atoms with Crippen molar-refractivity contribution in [2.75, 3.05) is 5.75 Å². The van der Waals surface area contributed by atoms with E-state index in [9.17, 15) is 0 Å². The van der Waals surface area contributed by atoms with Crippen molar-refractivity contribution in [3.63, 3.8) is 0 Å². The van der Waals surface area contributed by atoms with Gasteiger partial charge in [-0.15, -0.1) is 0 Å². The Bertz CT molecular complexity index is 377. The first-order valence-corrected chi connectivity index (χ1v) is 8.66. The van der Waals surface area contributed by atoms with E-state index in [2.05, 4.69) is 59.9 Å². The molecule has 1 saturated carbocycles. The summed E-state index contributed by atoms with van der Waals surface area (Å²) in [5, 5.41) is 9.19. The van der Waals surface area contributed by atoms with Crippen LogP contribution in [0.4, 0.5) is 0 Å². The van der Waals surface area contributed by atoms with Gasteiger partial charge in [0.15, 0.2) is 0 Å². The molecule has 3 nitrogen and oxygen atoms in total. The van der Waals surface area contributed by atoms with E-state index in [1.807, 2.05) is 0 Å².